The van der Waals surface area contributed by atoms with Crippen molar-refractivity contribution >= 4 is 36.5 Å². The van der Waals surface area contributed by atoms with E-state index in [1.54, 1.807) is 6.20 Å². The van der Waals surface area contributed by atoms with Gasteiger partial charge in [0, 0.05) is 31.2 Å². The number of hydrogen-bond donors (Lipinski definition) is 2. The van der Waals surface area contributed by atoms with Gasteiger partial charge in [-0.15, -0.1) is 29.9 Å². The van der Waals surface area contributed by atoms with Crippen LogP contribution in [0.3, 0.4) is 0 Å². The Labute approximate surface area is 161 Å². The Hall–Kier alpha value is -1.11. The second kappa shape index (κ2) is 8.52. The van der Waals surface area contributed by atoms with Gasteiger partial charge in [0.2, 0.25) is 5.91 Å². The van der Waals surface area contributed by atoms with Gasteiger partial charge in [0.15, 0.2) is 0 Å². The molecular formula is C17H27Cl2N5O. The molecule has 1 spiro atoms. The predicted octanol–water partition coefficient (Wildman–Crippen LogP) is 2.11. The van der Waals surface area contributed by atoms with Crippen LogP contribution in [0.1, 0.15) is 32.1 Å². The molecule has 1 aliphatic carbocycles. The number of rotatable bonds is 3. The second-order valence-electron chi connectivity index (χ2n) is 7.22. The minimum Gasteiger partial charge on any atom is -0.366 e. The lowest BCUT2D eigenvalue weighted by molar-refractivity contribution is -0.134. The molecule has 2 N–H and O–H groups in total. The van der Waals surface area contributed by atoms with Crippen LogP contribution in [0, 0.1) is 11.3 Å². The Bertz CT molecular complexity index is 559. The topological polar surface area (TPSA) is 70.2 Å². The molecule has 3 heterocycles. The molecule has 1 saturated carbocycles. The van der Waals surface area contributed by atoms with E-state index in [1.165, 1.54) is 12.8 Å². The van der Waals surface area contributed by atoms with E-state index < -0.39 is 0 Å². The highest BCUT2D eigenvalue weighted by atomic mass is 35.5. The number of aromatic nitrogens is 2. The van der Waals surface area contributed by atoms with Crippen LogP contribution in [0.2, 0.25) is 0 Å². The second-order valence-corrected chi connectivity index (χ2v) is 7.22. The van der Waals surface area contributed by atoms with E-state index in [-0.39, 0.29) is 24.8 Å². The van der Waals surface area contributed by atoms with Crippen LogP contribution in [0.5, 0.6) is 0 Å². The Morgan fingerprint density at radius 2 is 1.96 bits per heavy atom. The first kappa shape index (κ1) is 20.2. The summed E-state index contributed by atoms with van der Waals surface area (Å²) in [5.74, 6) is 1.53. The van der Waals surface area contributed by atoms with Crippen molar-refractivity contribution in [3.8, 4) is 0 Å². The summed E-state index contributed by atoms with van der Waals surface area (Å²) >= 11 is 0. The van der Waals surface area contributed by atoms with Crippen LogP contribution in [0.25, 0.3) is 0 Å². The smallest absolute Gasteiger partial charge is 0.226 e. The van der Waals surface area contributed by atoms with E-state index in [4.69, 9.17) is 0 Å². The molecule has 1 amide bonds. The molecule has 1 aromatic rings. The summed E-state index contributed by atoms with van der Waals surface area (Å²) in [6, 6.07) is 4.22. The molecule has 1 aromatic heterocycles. The Balaban J connectivity index is 0.00000113. The lowest BCUT2D eigenvalue weighted by Gasteiger charge is -2.33. The van der Waals surface area contributed by atoms with Crippen molar-refractivity contribution in [2.24, 2.45) is 11.3 Å². The van der Waals surface area contributed by atoms with Crippen LogP contribution >= 0.6 is 24.8 Å². The predicted molar refractivity (Wildman–Crippen MR) is 102 cm³/mol. The third-order valence-electron chi connectivity index (χ3n) is 5.82. The molecule has 2 saturated heterocycles. The van der Waals surface area contributed by atoms with Gasteiger partial charge < -0.3 is 15.5 Å². The summed E-state index contributed by atoms with van der Waals surface area (Å²) in [6.07, 6.45) is 7.12. The van der Waals surface area contributed by atoms with Gasteiger partial charge in [-0.2, -0.15) is 5.10 Å². The van der Waals surface area contributed by atoms with Gasteiger partial charge in [-0.25, -0.2) is 0 Å². The number of amides is 1. The molecule has 0 bridgehead atoms. The fourth-order valence-corrected chi connectivity index (χ4v) is 4.23. The number of likely N-dealkylation sites (tertiary alicyclic amines) is 1. The van der Waals surface area contributed by atoms with Crippen LogP contribution in [-0.2, 0) is 4.79 Å². The first-order valence-corrected chi connectivity index (χ1v) is 8.81. The molecule has 0 radical (unpaired) electrons. The zero-order valence-electron chi connectivity index (χ0n) is 14.3. The molecule has 6 nitrogen and oxygen atoms in total. The van der Waals surface area contributed by atoms with E-state index in [0.29, 0.717) is 23.3 Å². The summed E-state index contributed by atoms with van der Waals surface area (Å²) < 4.78 is 0. The van der Waals surface area contributed by atoms with Gasteiger partial charge in [0.25, 0.3) is 0 Å². The van der Waals surface area contributed by atoms with Crippen molar-refractivity contribution in [2.45, 2.75) is 38.1 Å². The Morgan fingerprint density at radius 3 is 2.60 bits per heavy atom. The third-order valence-corrected chi connectivity index (χ3v) is 5.82. The number of nitrogens with zero attached hydrogens (tertiary/aromatic N) is 3. The molecule has 140 valence electrons. The maximum Gasteiger partial charge on any atom is 0.226 e. The maximum absolute atomic E-state index is 12.8. The van der Waals surface area contributed by atoms with Gasteiger partial charge in [0.05, 0.1) is 0 Å². The van der Waals surface area contributed by atoms with Gasteiger partial charge >= 0.3 is 0 Å². The largest absolute Gasteiger partial charge is 0.366 e. The van der Waals surface area contributed by atoms with Crippen molar-refractivity contribution in [2.75, 3.05) is 31.5 Å². The van der Waals surface area contributed by atoms with Gasteiger partial charge in [-0.3, -0.25) is 4.79 Å². The molecule has 1 atom stereocenters. The van der Waals surface area contributed by atoms with Crippen molar-refractivity contribution < 1.29 is 4.79 Å². The molecule has 3 fully saturated rings. The number of hydrogen-bond acceptors (Lipinski definition) is 5. The molecule has 1 unspecified atom stereocenters. The zero-order valence-corrected chi connectivity index (χ0v) is 16.0. The summed E-state index contributed by atoms with van der Waals surface area (Å²) in [7, 11) is 0. The van der Waals surface area contributed by atoms with E-state index >= 15 is 0 Å². The van der Waals surface area contributed by atoms with Crippen LogP contribution in [0.4, 0.5) is 5.82 Å². The van der Waals surface area contributed by atoms with Crippen LogP contribution in [0.15, 0.2) is 18.3 Å². The molecule has 3 aliphatic rings. The van der Waals surface area contributed by atoms with Crippen molar-refractivity contribution in [3.05, 3.63) is 18.3 Å². The van der Waals surface area contributed by atoms with Gasteiger partial charge in [-0.05, 0) is 62.7 Å². The quantitative estimate of drug-likeness (QED) is 0.830. The minimum absolute atomic E-state index is 0. The van der Waals surface area contributed by atoms with Crippen molar-refractivity contribution in [1.82, 2.24) is 20.4 Å². The van der Waals surface area contributed by atoms with E-state index in [1.807, 2.05) is 12.1 Å². The van der Waals surface area contributed by atoms with E-state index in [9.17, 15) is 4.79 Å². The average molecular weight is 388 g/mol. The first-order valence-electron chi connectivity index (χ1n) is 8.81. The summed E-state index contributed by atoms with van der Waals surface area (Å²) in [4.78, 5) is 14.9. The molecular weight excluding hydrogens is 361 g/mol. The molecule has 25 heavy (non-hydrogen) atoms. The molecule has 2 aliphatic heterocycles. The monoisotopic (exact) mass is 387 g/mol. The lowest BCUT2D eigenvalue weighted by Crippen LogP contribution is -2.44. The minimum atomic E-state index is 0. The Kier molecular flexibility index (Phi) is 6.88. The SMILES string of the molecule is Cl.Cl.O=C(C1CC12CCNCC2)N1CCC(Nc2cccnn2)CC1. The number of carbonyl (C=O) groups is 1. The van der Waals surface area contributed by atoms with E-state index in [2.05, 4.69) is 25.7 Å². The van der Waals surface area contributed by atoms with E-state index in [0.717, 1.165) is 51.3 Å². The number of nitrogens with one attached hydrogen (secondary N) is 2. The highest BCUT2D eigenvalue weighted by Gasteiger charge is 2.58. The summed E-state index contributed by atoms with van der Waals surface area (Å²) in [5, 5.41) is 14.8. The van der Waals surface area contributed by atoms with Gasteiger partial charge in [-0.1, -0.05) is 0 Å². The molecule has 8 heteroatoms. The van der Waals surface area contributed by atoms with Crippen LogP contribution in [-0.4, -0.2) is 53.2 Å². The lowest BCUT2D eigenvalue weighted by atomic mass is 9.91. The first-order chi connectivity index (χ1) is 11.3. The number of anilines is 1. The summed E-state index contributed by atoms with van der Waals surface area (Å²) in [6.45, 7) is 3.88. The highest BCUT2D eigenvalue weighted by Crippen LogP contribution is 2.59. The molecule has 0 aromatic carbocycles. The maximum atomic E-state index is 12.8. The highest BCUT2D eigenvalue weighted by molar-refractivity contribution is 5.85. The fourth-order valence-electron chi connectivity index (χ4n) is 4.23. The number of halogens is 2. The normalized spacial score (nSPS) is 24.8. The average Bonchev–Trinajstić information content (AvgIpc) is 3.29. The van der Waals surface area contributed by atoms with Crippen molar-refractivity contribution in [3.63, 3.8) is 0 Å². The number of carbonyl (C=O) groups excluding carboxylic acids is 1. The van der Waals surface area contributed by atoms with Crippen LogP contribution < -0.4 is 10.6 Å². The standard InChI is InChI=1S/C17H25N5O.2ClH/c23-16(14-12-17(14)5-8-18-9-6-17)22-10-3-13(4-11-22)20-15-2-1-7-19-21-15;;/h1-2,7,13-14,18H,3-6,8-12H2,(H,20,21);2*1H. The number of piperidine rings is 2. The summed E-state index contributed by atoms with van der Waals surface area (Å²) in [5.41, 5.74) is 0.344. The molecule has 4 rings (SSSR count). The fraction of sp³-hybridized carbons (Fsp3) is 0.706. The zero-order chi connectivity index (χ0) is 15.7. The third kappa shape index (κ3) is 4.36. The van der Waals surface area contributed by atoms with Gasteiger partial charge in [0.1, 0.15) is 5.82 Å². The van der Waals surface area contributed by atoms with Crippen molar-refractivity contribution in [1.29, 1.82) is 0 Å². The Morgan fingerprint density at radius 1 is 1.24 bits per heavy atom.